The smallest absolute Gasteiger partial charge is 0.268 e. The third-order valence-electron chi connectivity index (χ3n) is 15.7. The van der Waals surface area contributed by atoms with E-state index < -0.39 is 26.6 Å². The van der Waals surface area contributed by atoms with Crippen LogP contribution >= 0.6 is 7.82 Å². The lowest BCUT2D eigenvalue weighted by atomic mass is 10.0. The summed E-state index contributed by atoms with van der Waals surface area (Å²) in [6, 6.07) is -0.906. The molecule has 81 heavy (non-hydrogen) atoms. The minimum Gasteiger partial charge on any atom is -0.756 e. The average molecular weight is 1160 g/mol. The van der Waals surface area contributed by atoms with Crippen LogP contribution in [0.2, 0.25) is 0 Å². The number of hydrogen-bond donors (Lipinski definition) is 2. The highest BCUT2D eigenvalue weighted by molar-refractivity contribution is 7.45. The second kappa shape index (κ2) is 62.5. The molecule has 1 amide bonds. The zero-order valence-corrected chi connectivity index (χ0v) is 55.1. The number of phosphoric acid groups is 1. The number of amides is 1. The molecular formula is C72H135N2O6P. The summed E-state index contributed by atoms with van der Waals surface area (Å²) in [5.41, 5.74) is 0. The Morgan fingerprint density at radius 3 is 1.15 bits per heavy atom. The van der Waals surface area contributed by atoms with Crippen molar-refractivity contribution >= 4 is 13.7 Å². The van der Waals surface area contributed by atoms with Crippen LogP contribution in [0.3, 0.4) is 0 Å². The highest BCUT2D eigenvalue weighted by Crippen LogP contribution is 2.38. The Morgan fingerprint density at radius 2 is 0.765 bits per heavy atom. The van der Waals surface area contributed by atoms with Crippen molar-refractivity contribution in [2.45, 2.75) is 341 Å². The lowest BCUT2D eigenvalue weighted by Gasteiger charge is -2.29. The van der Waals surface area contributed by atoms with E-state index in [9.17, 15) is 19.4 Å². The number of quaternary nitrogens is 1. The van der Waals surface area contributed by atoms with Gasteiger partial charge in [0.15, 0.2) is 0 Å². The number of nitrogens with one attached hydrogen (secondary N) is 1. The maximum Gasteiger partial charge on any atom is 0.268 e. The van der Waals surface area contributed by atoms with Gasteiger partial charge in [-0.25, -0.2) is 0 Å². The van der Waals surface area contributed by atoms with Crippen LogP contribution in [0, 0.1) is 0 Å². The van der Waals surface area contributed by atoms with Crippen LogP contribution in [0.1, 0.15) is 328 Å². The summed E-state index contributed by atoms with van der Waals surface area (Å²) in [5, 5.41) is 13.9. The number of carbonyl (C=O) groups is 1. The SMILES string of the molecule is CC/C=C\C/C=C\C/C=C\C/C=C\CCCCCCCCCCCCCCCCCCCCCCC(=O)NC(COP(=O)([O-])OCC[N+](C)(C)C)C(O)/C=C/CC/C=C/CCCCCCCCCCCCCCCCCCCCCC. The fourth-order valence-corrected chi connectivity index (χ4v) is 11.0. The molecule has 0 fully saturated rings. The number of aliphatic hydroxyl groups excluding tert-OH is 1. The van der Waals surface area contributed by atoms with E-state index in [2.05, 4.69) is 79.9 Å². The number of rotatable bonds is 64. The lowest BCUT2D eigenvalue weighted by molar-refractivity contribution is -0.870. The van der Waals surface area contributed by atoms with Crippen molar-refractivity contribution in [3.8, 4) is 0 Å². The largest absolute Gasteiger partial charge is 0.756 e. The molecule has 0 aliphatic rings. The summed E-state index contributed by atoms with van der Waals surface area (Å²) in [6.07, 6.45) is 87.4. The van der Waals surface area contributed by atoms with E-state index in [0.29, 0.717) is 17.4 Å². The van der Waals surface area contributed by atoms with Gasteiger partial charge in [-0.1, -0.05) is 324 Å². The Morgan fingerprint density at radius 1 is 0.444 bits per heavy atom. The molecule has 0 aromatic carbocycles. The second-order valence-corrected chi connectivity index (χ2v) is 26.3. The number of allylic oxidation sites excluding steroid dienone is 11. The topological polar surface area (TPSA) is 108 Å². The first-order valence-corrected chi connectivity index (χ1v) is 36.3. The molecule has 8 nitrogen and oxygen atoms in total. The third-order valence-corrected chi connectivity index (χ3v) is 16.6. The maximum atomic E-state index is 13.0. The molecule has 0 rings (SSSR count). The van der Waals surface area contributed by atoms with Gasteiger partial charge in [0.05, 0.1) is 39.9 Å². The maximum absolute atomic E-state index is 13.0. The van der Waals surface area contributed by atoms with Gasteiger partial charge in [-0.2, -0.15) is 0 Å². The predicted octanol–water partition coefficient (Wildman–Crippen LogP) is 21.5. The average Bonchev–Trinajstić information content (AvgIpc) is 3.43. The molecule has 0 saturated heterocycles. The fourth-order valence-electron chi connectivity index (χ4n) is 10.3. The fraction of sp³-hybridized carbons (Fsp3) is 0.819. The third kappa shape index (κ3) is 65.3. The quantitative estimate of drug-likeness (QED) is 0.0272. The van der Waals surface area contributed by atoms with E-state index in [0.717, 1.165) is 64.2 Å². The molecule has 0 aliphatic heterocycles. The minimum absolute atomic E-state index is 0.00655. The van der Waals surface area contributed by atoms with Crippen LogP contribution in [-0.2, 0) is 18.4 Å². The first kappa shape index (κ1) is 78.9. The molecule has 0 spiro atoms. The number of unbranched alkanes of at least 4 members (excludes halogenated alkanes) is 41. The molecule has 0 aromatic rings. The Balaban J connectivity index is 4.07. The number of hydrogen-bond acceptors (Lipinski definition) is 6. The van der Waals surface area contributed by atoms with Crippen molar-refractivity contribution < 1.29 is 32.9 Å². The van der Waals surface area contributed by atoms with Gasteiger partial charge in [-0.05, 0) is 70.6 Å². The molecular weight excluding hydrogens is 1020 g/mol. The molecule has 3 unspecified atom stereocenters. The van der Waals surface area contributed by atoms with E-state index in [1.807, 2.05) is 27.2 Å². The number of phosphoric ester groups is 1. The van der Waals surface area contributed by atoms with Crippen molar-refractivity contribution in [1.29, 1.82) is 0 Å². The van der Waals surface area contributed by atoms with E-state index in [4.69, 9.17) is 9.05 Å². The molecule has 0 aliphatic carbocycles. The van der Waals surface area contributed by atoms with Gasteiger partial charge in [0.2, 0.25) is 5.91 Å². The normalized spacial score (nSPS) is 14.1. The van der Waals surface area contributed by atoms with E-state index >= 15 is 0 Å². The molecule has 9 heteroatoms. The summed E-state index contributed by atoms with van der Waals surface area (Å²) in [5.74, 6) is -0.203. The summed E-state index contributed by atoms with van der Waals surface area (Å²) < 4.78 is 23.4. The highest BCUT2D eigenvalue weighted by atomic mass is 31.2. The number of likely N-dealkylation sites (N-methyl/N-ethyl adjacent to an activating group) is 1. The second-order valence-electron chi connectivity index (χ2n) is 24.8. The Bertz CT molecular complexity index is 1550. The minimum atomic E-state index is -4.61. The van der Waals surface area contributed by atoms with Crippen LogP contribution in [0.25, 0.3) is 0 Å². The molecule has 0 heterocycles. The molecule has 0 aromatic heterocycles. The van der Waals surface area contributed by atoms with Crippen molar-refractivity contribution in [3.05, 3.63) is 72.9 Å². The van der Waals surface area contributed by atoms with Crippen molar-refractivity contribution in [2.75, 3.05) is 40.9 Å². The summed E-state index contributed by atoms with van der Waals surface area (Å²) >= 11 is 0. The molecule has 474 valence electrons. The van der Waals surface area contributed by atoms with Gasteiger partial charge in [0.25, 0.3) is 7.82 Å². The number of carbonyl (C=O) groups excluding carboxylic acids is 1. The lowest BCUT2D eigenvalue weighted by Crippen LogP contribution is -2.45. The Kier molecular flexibility index (Phi) is 60.9. The van der Waals surface area contributed by atoms with Crippen LogP contribution in [0.15, 0.2) is 72.9 Å². The van der Waals surface area contributed by atoms with Crippen LogP contribution in [-0.4, -0.2) is 68.5 Å². The van der Waals surface area contributed by atoms with E-state index in [1.54, 1.807) is 6.08 Å². The molecule has 2 N–H and O–H groups in total. The molecule has 0 saturated carbocycles. The summed E-state index contributed by atoms with van der Waals surface area (Å²) in [4.78, 5) is 25.6. The highest BCUT2D eigenvalue weighted by Gasteiger charge is 2.23. The van der Waals surface area contributed by atoms with Gasteiger partial charge in [0, 0.05) is 6.42 Å². The van der Waals surface area contributed by atoms with Gasteiger partial charge < -0.3 is 28.8 Å². The van der Waals surface area contributed by atoms with E-state index in [1.165, 1.54) is 244 Å². The van der Waals surface area contributed by atoms with Crippen LogP contribution in [0.4, 0.5) is 0 Å². The van der Waals surface area contributed by atoms with Crippen LogP contribution < -0.4 is 10.2 Å². The number of aliphatic hydroxyl groups is 1. The molecule has 3 atom stereocenters. The molecule has 0 bridgehead atoms. The summed E-state index contributed by atoms with van der Waals surface area (Å²) in [7, 11) is 1.25. The zero-order chi connectivity index (χ0) is 59.1. The molecule has 0 radical (unpaired) electrons. The van der Waals surface area contributed by atoms with Crippen LogP contribution in [0.5, 0.6) is 0 Å². The number of nitrogens with zero attached hydrogens (tertiary/aromatic N) is 1. The van der Waals surface area contributed by atoms with Gasteiger partial charge in [-0.3, -0.25) is 9.36 Å². The standard InChI is InChI=1S/C72H135N2O6P/c1-6-8-10-12-14-16-18-20-22-24-26-28-30-32-34-35-36-37-38-39-40-42-44-46-48-50-52-54-56-58-60-62-64-66-72(76)73-70(69-80-81(77,78)79-68-67-74(3,4)5)71(75)65-63-61-59-57-55-53-51-49-47-45-43-41-33-31-29-27-25-23-21-19-17-15-13-11-9-7-2/h8,10,14,16,20,22,26,28,55,57,63,65,70-71,75H,6-7,9,11-13,15,17-19,21,23-25,27,29-54,56,58-62,64,66-69H2,1-5H3,(H-,73,76,77,78)/b10-8-,16-14-,22-20-,28-26-,57-55+,65-63+. The monoisotopic (exact) mass is 1160 g/mol. The van der Waals surface area contributed by atoms with Gasteiger partial charge in [-0.15, -0.1) is 0 Å². The zero-order valence-electron chi connectivity index (χ0n) is 54.2. The Labute approximate surface area is 504 Å². The van der Waals surface area contributed by atoms with Crippen molar-refractivity contribution in [1.82, 2.24) is 5.32 Å². The van der Waals surface area contributed by atoms with Gasteiger partial charge >= 0.3 is 0 Å². The van der Waals surface area contributed by atoms with Gasteiger partial charge in [0.1, 0.15) is 13.2 Å². The van der Waals surface area contributed by atoms with E-state index in [-0.39, 0.29) is 12.5 Å². The summed E-state index contributed by atoms with van der Waals surface area (Å²) in [6.45, 7) is 4.56. The predicted molar refractivity (Wildman–Crippen MR) is 353 cm³/mol. The van der Waals surface area contributed by atoms with Crippen molar-refractivity contribution in [3.63, 3.8) is 0 Å². The Hall–Kier alpha value is -2.06. The van der Waals surface area contributed by atoms with Crippen molar-refractivity contribution in [2.24, 2.45) is 0 Å². The first-order valence-electron chi connectivity index (χ1n) is 34.8. The first-order chi connectivity index (χ1) is 39.5.